The van der Waals surface area contributed by atoms with Crippen LogP contribution in [0.1, 0.15) is 27.2 Å². The average Bonchev–Trinajstić information content (AvgIpc) is 2.18. The highest BCUT2D eigenvalue weighted by Crippen LogP contribution is 2.13. The molecule has 0 heterocycles. The molecule has 0 rings (SSSR count). The van der Waals surface area contributed by atoms with Gasteiger partial charge in [0.2, 0.25) is 6.08 Å². The monoisotopic (exact) mass is 231 g/mol. The predicted molar refractivity (Wildman–Crippen MR) is 62.6 cm³/mol. The number of hydrogen-bond acceptors (Lipinski definition) is 4. The number of carbonyl (C=O) groups excluding carboxylic acids is 1. The van der Waals surface area contributed by atoms with Gasteiger partial charge < -0.3 is 9.47 Å². The van der Waals surface area contributed by atoms with E-state index in [-0.39, 0.29) is 5.41 Å². The standard InChI is InChI=1S/C10H21NO3Si/c1-4-13-10(3,14-5-2)15-8-6-7-11-9-12/h4-8,15H2,1-3H3. The summed E-state index contributed by atoms with van der Waals surface area (Å²) in [6.45, 7) is 7.89. The summed E-state index contributed by atoms with van der Waals surface area (Å²) in [6.07, 6.45) is 2.47. The molecule has 5 heteroatoms. The molecule has 0 aromatic rings. The molecule has 0 saturated carbocycles. The third-order valence-electron chi connectivity index (χ3n) is 2.11. The van der Waals surface area contributed by atoms with E-state index < -0.39 is 9.52 Å². The summed E-state index contributed by atoms with van der Waals surface area (Å²) >= 11 is 0. The largest absolute Gasteiger partial charge is 0.355 e. The van der Waals surface area contributed by atoms with Crippen LogP contribution in [0, 0.1) is 0 Å². The number of ether oxygens (including phenoxy) is 2. The van der Waals surface area contributed by atoms with Gasteiger partial charge in [-0.25, -0.2) is 9.79 Å². The van der Waals surface area contributed by atoms with Gasteiger partial charge in [0.15, 0.2) is 0 Å². The molecule has 4 nitrogen and oxygen atoms in total. The SMILES string of the molecule is CCOC(C)(OCC)[SiH2]CCCN=C=O. The van der Waals surface area contributed by atoms with E-state index in [0.717, 1.165) is 12.5 Å². The summed E-state index contributed by atoms with van der Waals surface area (Å²) < 4.78 is 11.2. The molecule has 0 spiro atoms. The normalized spacial score (nSPS) is 11.9. The van der Waals surface area contributed by atoms with E-state index in [2.05, 4.69) is 4.99 Å². The smallest absolute Gasteiger partial charge is 0.234 e. The minimum absolute atomic E-state index is 0.353. The van der Waals surface area contributed by atoms with Gasteiger partial charge in [-0.15, -0.1) is 0 Å². The van der Waals surface area contributed by atoms with Crippen LogP contribution in [0.3, 0.4) is 0 Å². The summed E-state index contributed by atoms with van der Waals surface area (Å²) in [6, 6.07) is 1.07. The lowest BCUT2D eigenvalue weighted by Gasteiger charge is -2.29. The van der Waals surface area contributed by atoms with Crippen LogP contribution in [-0.2, 0) is 14.3 Å². The summed E-state index contributed by atoms with van der Waals surface area (Å²) in [5.74, 6) is 0. The van der Waals surface area contributed by atoms with Crippen LogP contribution in [0.25, 0.3) is 0 Å². The number of isocyanates is 1. The Balaban J connectivity index is 3.79. The van der Waals surface area contributed by atoms with E-state index in [4.69, 9.17) is 9.47 Å². The van der Waals surface area contributed by atoms with Crippen molar-refractivity contribution in [3.8, 4) is 0 Å². The Kier molecular flexibility index (Phi) is 8.51. The first-order valence-corrected chi connectivity index (χ1v) is 7.20. The maximum atomic E-state index is 9.84. The van der Waals surface area contributed by atoms with Gasteiger partial charge >= 0.3 is 0 Å². The Labute approximate surface area is 93.9 Å². The van der Waals surface area contributed by atoms with Gasteiger partial charge in [0, 0.05) is 13.2 Å². The Morgan fingerprint density at radius 2 is 1.93 bits per heavy atom. The van der Waals surface area contributed by atoms with Crippen molar-refractivity contribution >= 4 is 15.6 Å². The first kappa shape index (κ1) is 14.5. The van der Waals surface area contributed by atoms with E-state index in [1.165, 1.54) is 0 Å². The average molecular weight is 231 g/mol. The third-order valence-corrected chi connectivity index (χ3v) is 4.28. The highest BCUT2D eigenvalue weighted by Gasteiger charge is 2.24. The summed E-state index contributed by atoms with van der Waals surface area (Å²) in [5.41, 5.74) is -0.353. The Hall–Kier alpha value is -0.483. The first-order valence-electron chi connectivity index (χ1n) is 5.50. The zero-order valence-corrected chi connectivity index (χ0v) is 11.3. The molecule has 0 aliphatic heterocycles. The van der Waals surface area contributed by atoms with Crippen LogP contribution in [0.5, 0.6) is 0 Å². The van der Waals surface area contributed by atoms with E-state index in [1.807, 2.05) is 20.8 Å². The zero-order chi connectivity index (χ0) is 11.6. The van der Waals surface area contributed by atoms with Gasteiger partial charge in [0.25, 0.3) is 0 Å². The molecule has 0 saturated heterocycles. The minimum Gasteiger partial charge on any atom is -0.355 e. The van der Waals surface area contributed by atoms with Crippen LogP contribution >= 0.6 is 0 Å². The summed E-state index contributed by atoms with van der Waals surface area (Å²) in [5, 5.41) is 0. The molecule has 0 amide bonds. The molecular formula is C10H21NO3Si. The van der Waals surface area contributed by atoms with Crippen molar-refractivity contribution in [1.82, 2.24) is 0 Å². The van der Waals surface area contributed by atoms with Crippen LogP contribution in [-0.4, -0.2) is 40.8 Å². The summed E-state index contributed by atoms with van der Waals surface area (Å²) in [4.78, 5) is 13.4. The lowest BCUT2D eigenvalue weighted by Crippen LogP contribution is -2.39. The predicted octanol–water partition coefficient (Wildman–Crippen LogP) is 1.05. The van der Waals surface area contributed by atoms with Crippen molar-refractivity contribution in [3.63, 3.8) is 0 Å². The highest BCUT2D eigenvalue weighted by molar-refractivity contribution is 6.38. The zero-order valence-electron chi connectivity index (χ0n) is 9.91. The first-order chi connectivity index (χ1) is 7.18. The minimum atomic E-state index is -0.455. The maximum Gasteiger partial charge on any atom is 0.234 e. The second-order valence-corrected chi connectivity index (χ2v) is 5.92. The molecule has 0 aromatic carbocycles. The third kappa shape index (κ3) is 7.45. The van der Waals surface area contributed by atoms with E-state index in [9.17, 15) is 4.79 Å². The number of hydrogen-bond donors (Lipinski definition) is 0. The Morgan fingerprint density at radius 3 is 2.40 bits per heavy atom. The quantitative estimate of drug-likeness (QED) is 0.196. The van der Waals surface area contributed by atoms with Crippen LogP contribution in [0.4, 0.5) is 0 Å². The molecule has 0 aromatic heterocycles. The van der Waals surface area contributed by atoms with Crippen molar-refractivity contribution in [2.24, 2.45) is 4.99 Å². The van der Waals surface area contributed by atoms with Gasteiger partial charge in [0.1, 0.15) is 5.41 Å². The molecule has 0 bridgehead atoms. The second-order valence-electron chi connectivity index (χ2n) is 3.43. The molecule has 0 fully saturated rings. The van der Waals surface area contributed by atoms with Crippen molar-refractivity contribution in [1.29, 1.82) is 0 Å². The topological polar surface area (TPSA) is 47.9 Å². The van der Waals surface area contributed by atoms with E-state index in [0.29, 0.717) is 19.8 Å². The van der Waals surface area contributed by atoms with Gasteiger partial charge in [-0.2, -0.15) is 0 Å². The van der Waals surface area contributed by atoms with Crippen LogP contribution < -0.4 is 0 Å². The van der Waals surface area contributed by atoms with Crippen LogP contribution in [0.2, 0.25) is 6.04 Å². The lowest BCUT2D eigenvalue weighted by atomic mass is 10.5. The van der Waals surface area contributed by atoms with Crippen LogP contribution in [0.15, 0.2) is 4.99 Å². The lowest BCUT2D eigenvalue weighted by molar-refractivity contribution is -0.163. The fraction of sp³-hybridized carbons (Fsp3) is 0.900. The second kappa shape index (κ2) is 8.80. The molecule has 0 radical (unpaired) electrons. The van der Waals surface area contributed by atoms with Gasteiger partial charge in [-0.05, 0) is 27.2 Å². The molecule has 0 aliphatic rings. The van der Waals surface area contributed by atoms with Crippen molar-refractivity contribution < 1.29 is 14.3 Å². The van der Waals surface area contributed by atoms with Crippen molar-refractivity contribution in [2.45, 2.75) is 38.6 Å². The van der Waals surface area contributed by atoms with Gasteiger partial charge in [-0.3, -0.25) is 0 Å². The molecule has 88 valence electrons. The van der Waals surface area contributed by atoms with Gasteiger partial charge in [0.05, 0.1) is 16.1 Å². The molecule has 0 aliphatic carbocycles. The molecular weight excluding hydrogens is 210 g/mol. The van der Waals surface area contributed by atoms with Crippen molar-refractivity contribution in [2.75, 3.05) is 19.8 Å². The maximum absolute atomic E-state index is 9.84. The van der Waals surface area contributed by atoms with E-state index >= 15 is 0 Å². The highest BCUT2D eigenvalue weighted by atomic mass is 28.2. The molecule has 0 N–H and O–H groups in total. The number of nitrogens with zero attached hydrogens (tertiary/aromatic N) is 1. The molecule has 0 unspecified atom stereocenters. The van der Waals surface area contributed by atoms with Gasteiger partial charge in [-0.1, -0.05) is 6.04 Å². The summed E-state index contributed by atoms with van der Waals surface area (Å²) in [7, 11) is -0.455. The molecule has 15 heavy (non-hydrogen) atoms. The van der Waals surface area contributed by atoms with Crippen molar-refractivity contribution in [3.05, 3.63) is 0 Å². The van der Waals surface area contributed by atoms with E-state index in [1.54, 1.807) is 6.08 Å². The fourth-order valence-electron chi connectivity index (χ4n) is 1.48. The number of rotatable bonds is 9. The Bertz CT molecular complexity index is 199. The molecule has 0 atom stereocenters. The fourth-order valence-corrected chi connectivity index (χ4v) is 3.29. The number of aliphatic imine (C=N–C) groups is 1. The Morgan fingerprint density at radius 1 is 1.33 bits per heavy atom.